The van der Waals surface area contributed by atoms with E-state index in [1.165, 1.54) is 67.8 Å². The molecule has 3 rings (SSSR count). The fraction of sp³-hybridized carbons (Fsp3) is 0.0833. The van der Waals surface area contributed by atoms with E-state index >= 15 is 0 Å². The first kappa shape index (κ1) is 23.1. The Morgan fingerprint density at radius 3 is 2.30 bits per heavy atom. The summed E-state index contributed by atoms with van der Waals surface area (Å²) in [6.07, 6.45) is 1.38. The molecule has 8 nitrogen and oxygen atoms in total. The molecule has 0 saturated heterocycles. The number of nitrogens with one attached hydrogen (secondary N) is 2. The second-order valence-corrected chi connectivity index (χ2v) is 7.00. The third-order valence-corrected chi connectivity index (χ3v) is 4.71. The van der Waals surface area contributed by atoms with E-state index in [0.717, 1.165) is 0 Å². The summed E-state index contributed by atoms with van der Waals surface area (Å²) >= 11 is 0. The fourth-order valence-corrected chi connectivity index (χ4v) is 2.87. The van der Waals surface area contributed by atoms with E-state index in [4.69, 9.17) is 4.74 Å². The van der Waals surface area contributed by atoms with E-state index in [2.05, 4.69) is 10.6 Å². The standard InChI is InChI=1S/C24H20FN3O5/c1-15-3-10-19(28(31)32)14-21(15)26-24(30)22(13-16-4-8-18(25)9-5-16)27-23(29)17-6-11-20(33-2)12-7-17/h3-14H,1-2H3,(H,26,30)(H,27,29)/b22-13-. The van der Waals surface area contributed by atoms with Gasteiger partial charge >= 0.3 is 0 Å². The smallest absolute Gasteiger partial charge is 0.272 e. The molecule has 2 N–H and O–H groups in total. The van der Waals surface area contributed by atoms with Crippen LogP contribution in [-0.4, -0.2) is 23.8 Å². The predicted molar refractivity (Wildman–Crippen MR) is 121 cm³/mol. The predicted octanol–water partition coefficient (Wildman–Crippen LogP) is 4.46. The molecule has 0 radical (unpaired) electrons. The van der Waals surface area contributed by atoms with Crippen LogP contribution >= 0.6 is 0 Å². The molecule has 0 atom stereocenters. The number of aryl methyl sites for hydroxylation is 1. The number of carbonyl (C=O) groups is 2. The highest BCUT2D eigenvalue weighted by Gasteiger charge is 2.17. The maximum Gasteiger partial charge on any atom is 0.272 e. The minimum absolute atomic E-state index is 0.131. The summed E-state index contributed by atoms with van der Waals surface area (Å²) in [7, 11) is 1.50. The number of rotatable bonds is 7. The van der Waals surface area contributed by atoms with Gasteiger partial charge in [0.05, 0.1) is 17.7 Å². The normalized spacial score (nSPS) is 10.9. The van der Waals surface area contributed by atoms with Crippen LogP contribution in [0.4, 0.5) is 15.8 Å². The van der Waals surface area contributed by atoms with E-state index in [0.29, 0.717) is 16.9 Å². The summed E-state index contributed by atoms with van der Waals surface area (Å²) in [6.45, 7) is 1.68. The third-order valence-electron chi connectivity index (χ3n) is 4.71. The van der Waals surface area contributed by atoms with Crippen molar-refractivity contribution >= 4 is 29.3 Å². The van der Waals surface area contributed by atoms with Gasteiger partial charge in [0.15, 0.2) is 0 Å². The lowest BCUT2D eigenvalue weighted by molar-refractivity contribution is -0.384. The van der Waals surface area contributed by atoms with Gasteiger partial charge in [0.1, 0.15) is 17.3 Å². The van der Waals surface area contributed by atoms with Crippen molar-refractivity contribution in [3.63, 3.8) is 0 Å². The quantitative estimate of drug-likeness (QED) is 0.314. The van der Waals surface area contributed by atoms with Crippen LogP contribution in [0, 0.1) is 22.9 Å². The molecule has 0 aliphatic carbocycles. The number of nitrogens with zero attached hydrogens (tertiary/aromatic N) is 1. The van der Waals surface area contributed by atoms with Crippen molar-refractivity contribution in [2.45, 2.75) is 6.92 Å². The van der Waals surface area contributed by atoms with Crippen LogP contribution in [0.3, 0.4) is 0 Å². The largest absolute Gasteiger partial charge is 0.497 e. The maximum absolute atomic E-state index is 13.3. The topological polar surface area (TPSA) is 111 Å². The highest BCUT2D eigenvalue weighted by molar-refractivity contribution is 6.11. The molecule has 2 amide bonds. The van der Waals surface area contributed by atoms with E-state index in [9.17, 15) is 24.1 Å². The number of non-ortho nitro benzene ring substituents is 1. The molecule has 0 aromatic heterocycles. The number of nitro groups is 1. The number of hydrogen-bond donors (Lipinski definition) is 2. The van der Waals surface area contributed by atoms with Crippen LogP contribution in [0.15, 0.2) is 72.4 Å². The van der Waals surface area contributed by atoms with Gasteiger partial charge in [-0.25, -0.2) is 4.39 Å². The number of methoxy groups -OCH3 is 1. The summed E-state index contributed by atoms with van der Waals surface area (Å²) in [5, 5.41) is 16.2. The molecule has 0 aliphatic rings. The van der Waals surface area contributed by atoms with E-state index in [1.807, 2.05) is 0 Å². The Balaban J connectivity index is 1.91. The van der Waals surface area contributed by atoms with Gasteiger partial charge in [-0.3, -0.25) is 19.7 Å². The Labute approximate surface area is 188 Å². The van der Waals surface area contributed by atoms with Crippen LogP contribution < -0.4 is 15.4 Å². The second-order valence-electron chi connectivity index (χ2n) is 7.00. The number of ether oxygens (including phenoxy) is 1. The first-order valence-corrected chi connectivity index (χ1v) is 9.76. The van der Waals surface area contributed by atoms with Crippen molar-refractivity contribution in [3.05, 3.63) is 105 Å². The zero-order valence-electron chi connectivity index (χ0n) is 17.8. The van der Waals surface area contributed by atoms with E-state index in [-0.39, 0.29) is 22.6 Å². The molecule has 0 bridgehead atoms. The first-order chi connectivity index (χ1) is 15.8. The SMILES string of the molecule is COc1ccc(C(=O)N/C(=C\c2ccc(F)cc2)C(=O)Nc2cc([N+](=O)[O-])ccc2C)cc1. The van der Waals surface area contributed by atoms with Gasteiger partial charge in [0.25, 0.3) is 17.5 Å². The Bertz CT molecular complexity index is 1220. The first-order valence-electron chi connectivity index (χ1n) is 9.76. The minimum atomic E-state index is -0.704. The zero-order chi connectivity index (χ0) is 24.0. The molecule has 0 heterocycles. The minimum Gasteiger partial charge on any atom is -0.497 e. The molecular weight excluding hydrogens is 429 g/mol. The monoisotopic (exact) mass is 449 g/mol. The molecule has 9 heteroatoms. The van der Waals surface area contributed by atoms with E-state index < -0.39 is 22.6 Å². The number of benzene rings is 3. The van der Waals surface area contributed by atoms with Crippen molar-refractivity contribution in [1.82, 2.24) is 5.32 Å². The number of hydrogen-bond acceptors (Lipinski definition) is 5. The molecule has 168 valence electrons. The van der Waals surface area contributed by atoms with Crippen molar-refractivity contribution in [2.75, 3.05) is 12.4 Å². The Hall–Kier alpha value is -4.53. The second kappa shape index (κ2) is 10.2. The molecule has 0 fully saturated rings. The van der Waals surface area contributed by atoms with Gasteiger partial charge in [-0.15, -0.1) is 0 Å². The van der Waals surface area contributed by atoms with Crippen molar-refractivity contribution < 1.29 is 23.6 Å². The van der Waals surface area contributed by atoms with Crippen LogP contribution in [0.25, 0.3) is 6.08 Å². The highest BCUT2D eigenvalue weighted by Crippen LogP contribution is 2.22. The lowest BCUT2D eigenvalue weighted by Crippen LogP contribution is -2.31. The van der Waals surface area contributed by atoms with Gasteiger partial charge in [0.2, 0.25) is 0 Å². The maximum atomic E-state index is 13.3. The molecule has 0 spiro atoms. The number of nitro benzene ring substituents is 1. The molecular formula is C24H20FN3O5. The molecule has 3 aromatic rings. The average molecular weight is 449 g/mol. The number of halogens is 1. The summed E-state index contributed by atoms with van der Waals surface area (Å²) in [5.74, 6) is -1.15. The summed E-state index contributed by atoms with van der Waals surface area (Å²) in [5.41, 5.74) is 1.23. The van der Waals surface area contributed by atoms with Gasteiger partial charge < -0.3 is 15.4 Å². The van der Waals surface area contributed by atoms with Crippen LogP contribution in [0.5, 0.6) is 5.75 Å². The average Bonchev–Trinajstić information content (AvgIpc) is 2.81. The molecule has 3 aromatic carbocycles. The zero-order valence-corrected chi connectivity index (χ0v) is 17.8. The molecule has 0 aliphatic heterocycles. The number of amides is 2. The van der Waals surface area contributed by atoms with Crippen molar-refractivity contribution in [3.8, 4) is 5.75 Å². The highest BCUT2D eigenvalue weighted by atomic mass is 19.1. The Morgan fingerprint density at radius 1 is 1.03 bits per heavy atom. The fourth-order valence-electron chi connectivity index (χ4n) is 2.87. The van der Waals surface area contributed by atoms with Gasteiger partial charge in [-0.2, -0.15) is 0 Å². The Kier molecular flexibility index (Phi) is 7.14. The van der Waals surface area contributed by atoms with Crippen molar-refractivity contribution in [2.24, 2.45) is 0 Å². The van der Waals surface area contributed by atoms with Crippen molar-refractivity contribution in [1.29, 1.82) is 0 Å². The Morgan fingerprint density at radius 2 is 1.70 bits per heavy atom. The molecule has 0 unspecified atom stereocenters. The summed E-state index contributed by atoms with van der Waals surface area (Å²) in [4.78, 5) is 36.3. The lowest BCUT2D eigenvalue weighted by atomic mass is 10.1. The summed E-state index contributed by atoms with van der Waals surface area (Å²) in [6, 6.07) is 15.7. The van der Waals surface area contributed by atoms with Gasteiger partial charge in [0, 0.05) is 17.7 Å². The van der Waals surface area contributed by atoms with Crippen LogP contribution in [0.1, 0.15) is 21.5 Å². The van der Waals surface area contributed by atoms with Gasteiger partial charge in [-0.05, 0) is 60.5 Å². The molecule has 33 heavy (non-hydrogen) atoms. The molecule has 0 saturated carbocycles. The van der Waals surface area contributed by atoms with Gasteiger partial charge in [-0.1, -0.05) is 18.2 Å². The van der Waals surface area contributed by atoms with Crippen LogP contribution in [0.2, 0.25) is 0 Å². The van der Waals surface area contributed by atoms with Crippen LogP contribution in [-0.2, 0) is 4.79 Å². The number of carbonyl (C=O) groups excluding carboxylic acids is 2. The van der Waals surface area contributed by atoms with E-state index in [1.54, 1.807) is 19.1 Å². The number of anilines is 1. The lowest BCUT2D eigenvalue weighted by Gasteiger charge is -2.13. The third kappa shape index (κ3) is 6.01. The summed E-state index contributed by atoms with van der Waals surface area (Å²) < 4.78 is 18.4.